The molecule has 1 atom stereocenters. The van der Waals surface area contributed by atoms with Gasteiger partial charge >= 0.3 is 0 Å². The maximum Gasteiger partial charge on any atom is 0.254 e. The number of aromatic nitrogens is 4. The summed E-state index contributed by atoms with van der Waals surface area (Å²) in [4.78, 5) is 14.6. The third-order valence-electron chi connectivity index (χ3n) is 4.30. The smallest absolute Gasteiger partial charge is 0.254 e. The quantitative estimate of drug-likeness (QED) is 0.735. The second-order valence-corrected chi connectivity index (χ2v) is 5.66. The molecule has 0 aliphatic carbocycles. The molecule has 1 aromatic carbocycles. The fourth-order valence-electron chi connectivity index (χ4n) is 2.95. The van der Waals surface area contributed by atoms with Crippen molar-refractivity contribution in [1.82, 2.24) is 25.5 Å². The minimum Gasteiger partial charge on any atom is -0.394 e. The number of nitrogens with zero attached hydrogens (tertiary/aromatic N) is 4. The number of piperidine rings is 1. The van der Waals surface area contributed by atoms with Crippen LogP contribution >= 0.6 is 0 Å². The van der Waals surface area contributed by atoms with Crippen LogP contribution < -0.4 is 0 Å². The predicted molar refractivity (Wildman–Crippen MR) is 81.3 cm³/mol. The van der Waals surface area contributed by atoms with E-state index in [1.165, 1.54) is 0 Å². The molecule has 1 amide bonds. The van der Waals surface area contributed by atoms with Crippen LogP contribution in [0.2, 0.25) is 0 Å². The standard InChI is InChI=1S/C15H19N5O3/c21-9-13(22)10-5-7-20(8-6-10)15(23)12-4-2-1-3-11(12)14-16-18-19-17-14/h1-4,10,13,21-22H,5-9H2,(H,16,17,18,19). The largest absolute Gasteiger partial charge is 0.394 e. The lowest BCUT2D eigenvalue weighted by molar-refractivity contribution is 0.0179. The van der Waals surface area contributed by atoms with Gasteiger partial charge in [0.25, 0.3) is 5.91 Å². The van der Waals surface area contributed by atoms with Crippen LogP contribution in [0.1, 0.15) is 23.2 Å². The zero-order valence-corrected chi connectivity index (χ0v) is 12.6. The number of hydrogen-bond donors (Lipinski definition) is 3. The van der Waals surface area contributed by atoms with E-state index in [1.807, 2.05) is 6.07 Å². The summed E-state index contributed by atoms with van der Waals surface area (Å²) in [6, 6.07) is 7.18. The molecule has 1 aliphatic heterocycles. The van der Waals surface area contributed by atoms with Crippen molar-refractivity contribution in [1.29, 1.82) is 0 Å². The van der Waals surface area contributed by atoms with E-state index in [9.17, 15) is 9.90 Å². The Labute approximate surface area is 133 Å². The molecule has 1 aromatic heterocycles. The highest BCUT2D eigenvalue weighted by Gasteiger charge is 2.28. The zero-order valence-electron chi connectivity index (χ0n) is 12.6. The summed E-state index contributed by atoms with van der Waals surface area (Å²) in [6.07, 6.45) is 0.647. The van der Waals surface area contributed by atoms with Crippen LogP contribution in [0.3, 0.4) is 0 Å². The Hall–Kier alpha value is -2.32. The number of nitrogens with one attached hydrogen (secondary N) is 1. The first-order chi connectivity index (χ1) is 11.2. The number of likely N-dealkylation sites (tertiary alicyclic amines) is 1. The van der Waals surface area contributed by atoms with E-state index in [-0.39, 0.29) is 18.4 Å². The molecule has 0 bridgehead atoms. The number of carbonyl (C=O) groups is 1. The lowest BCUT2D eigenvalue weighted by Gasteiger charge is -2.34. The summed E-state index contributed by atoms with van der Waals surface area (Å²) in [5.74, 6) is 0.346. The molecule has 2 heterocycles. The molecule has 2 aromatic rings. The van der Waals surface area contributed by atoms with E-state index in [0.29, 0.717) is 42.9 Å². The molecule has 1 unspecified atom stereocenters. The highest BCUT2D eigenvalue weighted by atomic mass is 16.3. The first-order valence-corrected chi connectivity index (χ1v) is 7.61. The van der Waals surface area contributed by atoms with Gasteiger partial charge in [0.15, 0.2) is 0 Å². The highest BCUT2D eigenvalue weighted by Crippen LogP contribution is 2.25. The Kier molecular flexibility index (Phi) is 4.63. The number of hydrogen-bond acceptors (Lipinski definition) is 6. The molecule has 0 spiro atoms. The summed E-state index contributed by atoms with van der Waals surface area (Å²) in [5, 5.41) is 32.6. The SMILES string of the molecule is O=C(c1ccccc1-c1nn[nH]n1)N1CCC(C(O)CO)CC1. The molecule has 3 rings (SSSR count). The average molecular weight is 317 g/mol. The van der Waals surface area contributed by atoms with Gasteiger partial charge in [-0.1, -0.05) is 18.2 Å². The van der Waals surface area contributed by atoms with E-state index in [0.717, 1.165) is 0 Å². The van der Waals surface area contributed by atoms with Crippen LogP contribution in [0, 0.1) is 5.92 Å². The van der Waals surface area contributed by atoms with E-state index >= 15 is 0 Å². The van der Waals surface area contributed by atoms with E-state index in [4.69, 9.17) is 5.11 Å². The van der Waals surface area contributed by atoms with Crippen LogP contribution in [-0.2, 0) is 0 Å². The monoisotopic (exact) mass is 317 g/mol. The molecular formula is C15H19N5O3. The van der Waals surface area contributed by atoms with Crippen LogP contribution in [0.4, 0.5) is 0 Å². The van der Waals surface area contributed by atoms with Crippen molar-refractivity contribution in [2.75, 3.05) is 19.7 Å². The summed E-state index contributed by atoms with van der Waals surface area (Å²) in [5.41, 5.74) is 1.18. The molecular weight excluding hydrogens is 298 g/mol. The zero-order chi connectivity index (χ0) is 16.2. The van der Waals surface area contributed by atoms with Crippen LogP contribution in [0.25, 0.3) is 11.4 Å². The van der Waals surface area contributed by atoms with Gasteiger partial charge in [-0.05, 0) is 30.0 Å². The first kappa shape index (κ1) is 15.6. The number of benzene rings is 1. The Morgan fingerprint density at radius 1 is 1.35 bits per heavy atom. The average Bonchev–Trinajstić information content (AvgIpc) is 3.15. The maximum absolute atomic E-state index is 12.8. The van der Waals surface area contributed by atoms with Crippen LogP contribution in [0.5, 0.6) is 0 Å². The number of aromatic amines is 1. The van der Waals surface area contributed by atoms with Gasteiger partial charge in [0.1, 0.15) is 0 Å². The van der Waals surface area contributed by atoms with Gasteiger partial charge in [0, 0.05) is 18.7 Å². The van der Waals surface area contributed by atoms with Crippen molar-refractivity contribution in [3.05, 3.63) is 29.8 Å². The van der Waals surface area contributed by atoms with Gasteiger partial charge in [-0.15, -0.1) is 10.2 Å². The Bertz CT molecular complexity index is 653. The third kappa shape index (κ3) is 3.22. The molecule has 3 N–H and O–H groups in total. The van der Waals surface area contributed by atoms with Crippen molar-refractivity contribution in [3.63, 3.8) is 0 Å². The number of amides is 1. The van der Waals surface area contributed by atoms with Gasteiger partial charge < -0.3 is 15.1 Å². The normalized spacial score (nSPS) is 17.2. The van der Waals surface area contributed by atoms with Crippen molar-refractivity contribution in [2.45, 2.75) is 18.9 Å². The highest BCUT2D eigenvalue weighted by molar-refractivity contribution is 6.00. The lowest BCUT2D eigenvalue weighted by atomic mass is 9.91. The van der Waals surface area contributed by atoms with Gasteiger partial charge in [0.05, 0.1) is 18.3 Å². The van der Waals surface area contributed by atoms with Gasteiger partial charge in [0.2, 0.25) is 5.82 Å². The summed E-state index contributed by atoms with van der Waals surface area (Å²) >= 11 is 0. The van der Waals surface area contributed by atoms with E-state index < -0.39 is 6.10 Å². The van der Waals surface area contributed by atoms with Crippen molar-refractivity contribution in [2.24, 2.45) is 5.92 Å². The Morgan fingerprint density at radius 2 is 2.09 bits per heavy atom. The second kappa shape index (κ2) is 6.84. The fourth-order valence-corrected chi connectivity index (χ4v) is 2.95. The molecule has 8 nitrogen and oxygen atoms in total. The molecule has 1 saturated heterocycles. The molecule has 0 saturated carbocycles. The number of rotatable bonds is 4. The number of carbonyl (C=O) groups excluding carboxylic acids is 1. The Balaban J connectivity index is 1.75. The van der Waals surface area contributed by atoms with Gasteiger partial charge in [-0.2, -0.15) is 5.21 Å². The van der Waals surface area contributed by atoms with E-state index in [1.54, 1.807) is 23.1 Å². The van der Waals surface area contributed by atoms with Gasteiger partial charge in [-0.25, -0.2) is 0 Å². The number of aliphatic hydroxyl groups excluding tert-OH is 2. The molecule has 8 heteroatoms. The number of H-pyrrole nitrogens is 1. The molecule has 1 fully saturated rings. The predicted octanol–water partition coefficient (Wildman–Crippen LogP) is 0.0721. The van der Waals surface area contributed by atoms with Gasteiger partial charge in [-0.3, -0.25) is 4.79 Å². The Morgan fingerprint density at radius 3 is 2.74 bits per heavy atom. The topological polar surface area (TPSA) is 115 Å². The summed E-state index contributed by atoms with van der Waals surface area (Å²) in [6.45, 7) is 0.877. The van der Waals surface area contributed by atoms with Crippen LogP contribution in [0.15, 0.2) is 24.3 Å². The van der Waals surface area contributed by atoms with Crippen molar-refractivity contribution in [3.8, 4) is 11.4 Å². The summed E-state index contributed by atoms with van der Waals surface area (Å²) in [7, 11) is 0. The van der Waals surface area contributed by atoms with Crippen molar-refractivity contribution >= 4 is 5.91 Å². The lowest BCUT2D eigenvalue weighted by Crippen LogP contribution is -2.42. The maximum atomic E-state index is 12.8. The molecule has 122 valence electrons. The number of tetrazole rings is 1. The summed E-state index contributed by atoms with van der Waals surface area (Å²) < 4.78 is 0. The van der Waals surface area contributed by atoms with Crippen molar-refractivity contribution < 1.29 is 15.0 Å². The molecule has 0 radical (unpaired) electrons. The minimum atomic E-state index is -0.709. The first-order valence-electron chi connectivity index (χ1n) is 7.61. The van der Waals surface area contributed by atoms with E-state index in [2.05, 4.69) is 20.6 Å². The fraction of sp³-hybridized carbons (Fsp3) is 0.467. The minimum absolute atomic E-state index is 0.0384. The second-order valence-electron chi connectivity index (χ2n) is 5.66. The third-order valence-corrected chi connectivity index (χ3v) is 4.30. The molecule has 23 heavy (non-hydrogen) atoms. The van der Waals surface area contributed by atoms with Crippen LogP contribution in [-0.4, -0.2) is 67.4 Å². The molecule has 1 aliphatic rings. The number of aliphatic hydroxyl groups is 2.